The van der Waals surface area contributed by atoms with Gasteiger partial charge < -0.3 is 9.88 Å². The average Bonchev–Trinajstić information content (AvgIpc) is 3.10. The van der Waals surface area contributed by atoms with Gasteiger partial charge in [-0.3, -0.25) is 4.79 Å². The van der Waals surface area contributed by atoms with Gasteiger partial charge in [-0.25, -0.2) is 8.96 Å². The molecule has 0 saturated carbocycles. The van der Waals surface area contributed by atoms with E-state index >= 15 is 0 Å². The molecule has 2 aromatic carbocycles. The lowest BCUT2D eigenvalue weighted by Crippen LogP contribution is -2.28. The van der Waals surface area contributed by atoms with Gasteiger partial charge in [0.05, 0.1) is 11.6 Å². The number of nitriles is 1. The van der Waals surface area contributed by atoms with Gasteiger partial charge in [-0.1, -0.05) is 12.1 Å². The molecule has 148 valence electrons. The third kappa shape index (κ3) is 4.06. The molecule has 5 nitrogen and oxygen atoms in total. The largest absolute Gasteiger partial charge is 0.347 e. The standard InChI is InChI=1S/C24H19FN4O/c1-28-9-7-17(8-10-28)15-27-24(30)23-13-20-12-21(25)5-6-22(20)29(23)16-19-4-2-3-18(11-19)14-26/h2-13H,15-16H2,1H3/p+1. The minimum Gasteiger partial charge on any atom is -0.347 e. The summed E-state index contributed by atoms with van der Waals surface area (Å²) < 4.78 is 17.5. The van der Waals surface area contributed by atoms with E-state index in [2.05, 4.69) is 11.4 Å². The molecule has 2 aromatic heterocycles. The van der Waals surface area contributed by atoms with Crippen molar-refractivity contribution in [2.24, 2.45) is 7.05 Å². The maximum atomic E-state index is 13.8. The summed E-state index contributed by atoms with van der Waals surface area (Å²) in [7, 11) is 1.93. The van der Waals surface area contributed by atoms with Crippen LogP contribution in [-0.4, -0.2) is 10.5 Å². The van der Waals surface area contributed by atoms with Crippen LogP contribution >= 0.6 is 0 Å². The summed E-state index contributed by atoms with van der Waals surface area (Å²) in [5, 5.41) is 12.8. The number of fused-ring (bicyclic) bond motifs is 1. The van der Waals surface area contributed by atoms with Crippen molar-refractivity contribution in [3.05, 3.63) is 101 Å². The minimum absolute atomic E-state index is 0.240. The zero-order valence-corrected chi connectivity index (χ0v) is 16.5. The van der Waals surface area contributed by atoms with Gasteiger partial charge in [0.2, 0.25) is 0 Å². The van der Waals surface area contributed by atoms with Gasteiger partial charge in [0.25, 0.3) is 5.91 Å². The Balaban J connectivity index is 1.67. The Labute approximate surface area is 173 Å². The van der Waals surface area contributed by atoms with E-state index in [1.54, 1.807) is 24.3 Å². The number of amides is 1. The summed E-state index contributed by atoms with van der Waals surface area (Å²) in [5.74, 6) is -0.591. The van der Waals surface area contributed by atoms with Crippen molar-refractivity contribution >= 4 is 16.8 Å². The van der Waals surface area contributed by atoms with E-state index in [4.69, 9.17) is 5.26 Å². The van der Waals surface area contributed by atoms with E-state index in [1.165, 1.54) is 12.1 Å². The molecule has 30 heavy (non-hydrogen) atoms. The lowest BCUT2D eigenvalue weighted by Gasteiger charge is -2.12. The van der Waals surface area contributed by atoms with Crippen LogP contribution in [0.5, 0.6) is 0 Å². The van der Waals surface area contributed by atoms with Crippen LogP contribution in [-0.2, 0) is 20.1 Å². The second-order valence-electron chi connectivity index (χ2n) is 7.19. The van der Waals surface area contributed by atoms with Gasteiger partial charge >= 0.3 is 0 Å². The molecule has 0 aliphatic carbocycles. The molecule has 6 heteroatoms. The topological polar surface area (TPSA) is 61.7 Å². The van der Waals surface area contributed by atoms with Gasteiger partial charge in [0, 0.05) is 36.1 Å². The first-order valence-corrected chi connectivity index (χ1v) is 9.54. The maximum absolute atomic E-state index is 13.8. The molecule has 0 aliphatic rings. The number of hydrogen-bond acceptors (Lipinski definition) is 2. The molecule has 1 amide bonds. The highest BCUT2D eigenvalue weighted by atomic mass is 19.1. The Bertz CT molecular complexity index is 1270. The number of pyridine rings is 1. The average molecular weight is 399 g/mol. The summed E-state index contributed by atoms with van der Waals surface area (Å²) >= 11 is 0. The third-order valence-electron chi connectivity index (χ3n) is 4.99. The molecule has 0 bridgehead atoms. The number of aryl methyl sites for hydroxylation is 1. The first-order valence-electron chi connectivity index (χ1n) is 9.54. The van der Waals surface area contributed by atoms with Crippen molar-refractivity contribution in [1.82, 2.24) is 9.88 Å². The Morgan fingerprint density at radius 1 is 1.10 bits per heavy atom. The number of halogens is 1. The fraction of sp³-hybridized carbons (Fsp3) is 0.125. The van der Waals surface area contributed by atoms with Crippen molar-refractivity contribution in [3.63, 3.8) is 0 Å². The van der Waals surface area contributed by atoms with Crippen molar-refractivity contribution in [3.8, 4) is 6.07 Å². The number of benzene rings is 2. The smallest absolute Gasteiger partial charge is 0.268 e. The van der Waals surface area contributed by atoms with Crippen molar-refractivity contribution in [2.45, 2.75) is 13.1 Å². The summed E-state index contributed by atoms with van der Waals surface area (Å²) in [6.45, 7) is 0.786. The summed E-state index contributed by atoms with van der Waals surface area (Å²) in [6.07, 6.45) is 3.84. The second-order valence-corrected chi connectivity index (χ2v) is 7.19. The molecule has 1 N–H and O–H groups in total. The van der Waals surface area contributed by atoms with E-state index in [1.807, 2.05) is 52.8 Å². The summed E-state index contributed by atoms with van der Waals surface area (Å²) in [5.41, 5.74) is 3.63. The van der Waals surface area contributed by atoms with Gasteiger partial charge in [-0.15, -0.1) is 0 Å². The zero-order valence-electron chi connectivity index (χ0n) is 16.5. The maximum Gasteiger partial charge on any atom is 0.268 e. The van der Waals surface area contributed by atoms with Crippen LogP contribution in [0, 0.1) is 17.1 Å². The minimum atomic E-state index is -0.352. The highest BCUT2D eigenvalue weighted by Crippen LogP contribution is 2.23. The van der Waals surface area contributed by atoms with Crippen LogP contribution in [0.4, 0.5) is 4.39 Å². The fourth-order valence-electron chi connectivity index (χ4n) is 3.44. The van der Waals surface area contributed by atoms with Gasteiger partial charge in [0.1, 0.15) is 18.6 Å². The van der Waals surface area contributed by atoms with E-state index in [0.29, 0.717) is 29.7 Å². The molecule has 0 unspecified atom stereocenters. The number of aromatic nitrogens is 2. The first-order chi connectivity index (χ1) is 14.5. The predicted molar refractivity (Wildman–Crippen MR) is 111 cm³/mol. The Hall–Kier alpha value is -3.98. The monoisotopic (exact) mass is 399 g/mol. The van der Waals surface area contributed by atoms with Gasteiger partial charge in [-0.2, -0.15) is 5.26 Å². The molecule has 4 aromatic rings. The van der Waals surface area contributed by atoms with Crippen LogP contribution in [0.25, 0.3) is 10.9 Å². The van der Waals surface area contributed by atoms with Crippen LogP contribution in [0.15, 0.2) is 73.1 Å². The molecule has 2 heterocycles. The second kappa shape index (κ2) is 8.18. The normalized spacial score (nSPS) is 10.7. The Kier molecular flexibility index (Phi) is 5.27. The van der Waals surface area contributed by atoms with E-state index < -0.39 is 0 Å². The number of carbonyl (C=O) groups is 1. The van der Waals surface area contributed by atoms with Crippen LogP contribution < -0.4 is 9.88 Å². The fourth-order valence-corrected chi connectivity index (χ4v) is 3.44. The molecule has 0 atom stereocenters. The van der Waals surface area contributed by atoms with Crippen molar-refractivity contribution in [2.75, 3.05) is 0 Å². The molecule has 0 radical (unpaired) electrons. The lowest BCUT2D eigenvalue weighted by molar-refractivity contribution is -0.671. The third-order valence-corrected chi connectivity index (χ3v) is 4.99. The molecular weight excluding hydrogens is 379 g/mol. The highest BCUT2D eigenvalue weighted by Gasteiger charge is 2.16. The molecule has 0 fully saturated rings. The van der Waals surface area contributed by atoms with E-state index in [9.17, 15) is 9.18 Å². The van der Waals surface area contributed by atoms with Crippen molar-refractivity contribution < 1.29 is 13.8 Å². The number of hydrogen-bond donors (Lipinski definition) is 1. The molecule has 0 spiro atoms. The Morgan fingerprint density at radius 3 is 2.67 bits per heavy atom. The zero-order chi connectivity index (χ0) is 21.1. The Morgan fingerprint density at radius 2 is 1.90 bits per heavy atom. The quantitative estimate of drug-likeness (QED) is 0.523. The molecule has 4 rings (SSSR count). The van der Waals surface area contributed by atoms with Crippen LogP contribution in [0.3, 0.4) is 0 Å². The summed E-state index contributed by atoms with van der Waals surface area (Å²) in [4.78, 5) is 13.0. The number of nitrogens with zero attached hydrogens (tertiary/aromatic N) is 3. The molecule has 0 saturated heterocycles. The summed E-state index contributed by atoms with van der Waals surface area (Å²) in [6, 6.07) is 19.4. The van der Waals surface area contributed by atoms with Crippen LogP contribution in [0.1, 0.15) is 27.2 Å². The SMILES string of the molecule is C[n+]1ccc(CNC(=O)c2cc3cc(F)ccc3n2Cc2cccc(C#N)c2)cc1. The van der Waals surface area contributed by atoms with Gasteiger partial charge in [0.15, 0.2) is 12.4 Å². The number of nitrogens with one attached hydrogen (secondary N) is 1. The van der Waals surface area contributed by atoms with E-state index in [-0.39, 0.29) is 11.7 Å². The number of rotatable bonds is 5. The first kappa shape index (κ1) is 19.3. The molecular formula is C24H20FN4O+. The van der Waals surface area contributed by atoms with Gasteiger partial charge in [-0.05, 0) is 47.5 Å². The number of carbonyl (C=O) groups excluding carboxylic acids is 1. The van der Waals surface area contributed by atoms with Crippen LogP contribution in [0.2, 0.25) is 0 Å². The highest BCUT2D eigenvalue weighted by molar-refractivity contribution is 5.98. The van der Waals surface area contributed by atoms with Crippen molar-refractivity contribution in [1.29, 1.82) is 5.26 Å². The van der Waals surface area contributed by atoms with E-state index in [0.717, 1.165) is 16.6 Å². The predicted octanol–water partition coefficient (Wildman–Crippen LogP) is 3.45. The molecule has 0 aliphatic heterocycles. The lowest BCUT2D eigenvalue weighted by atomic mass is 10.1.